The maximum atomic E-state index is 13.7. The number of hydrogen-bond donors (Lipinski definition) is 2. The number of benzene rings is 2. The second-order valence-corrected chi connectivity index (χ2v) is 5.01. The number of carbonyl (C=O) groups excluding carboxylic acids is 1. The van der Waals surface area contributed by atoms with E-state index in [9.17, 15) is 9.18 Å². The van der Waals surface area contributed by atoms with Crippen molar-refractivity contribution < 1.29 is 9.18 Å². The molecule has 0 aromatic heterocycles. The van der Waals surface area contributed by atoms with Crippen molar-refractivity contribution in [3.8, 4) is 0 Å². The molecule has 0 saturated heterocycles. The Labute approximate surface area is 120 Å². The highest BCUT2D eigenvalue weighted by Crippen LogP contribution is 2.33. The molecule has 0 bridgehead atoms. The summed E-state index contributed by atoms with van der Waals surface area (Å²) in [5, 5.41) is 5.93. The Hall–Kier alpha value is -2.07. The lowest BCUT2D eigenvalue weighted by Gasteiger charge is -2.13. The van der Waals surface area contributed by atoms with Gasteiger partial charge in [-0.15, -0.1) is 0 Å². The van der Waals surface area contributed by atoms with Crippen LogP contribution in [0.25, 0.3) is 0 Å². The van der Waals surface area contributed by atoms with Gasteiger partial charge in [-0.05, 0) is 23.8 Å². The molecule has 3 nitrogen and oxygen atoms in total. The van der Waals surface area contributed by atoms with Gasteiger partial charge in [0.2, 0.25) is 5.91 Å². The molecule has 1 heterocycles. The van der Waals surface area contributed by atoms with Crippen LogP contribution in [0.2, 0.25) is 5.02 Å². The molecular weight excluding hydrogens is 279 g/mol. The second kappa shape index (κ2) is 5.13. The normalized spacial score (nSPS) is 16.4. The maximum Gasteiger partial charge on any atom is 0.233 e. The SMILES string of the molecule is O=C(Nc1c(F)cccc1Cl)C1CNc2ccccc21. The van der Waals surface area contributed by atoms with Crippen LogP contribution in [0.1, 0.15) is 11.5 Å². The number of para-hydroxylation sites is 2. The van der Waals surface area contributed by atoms with Crippen molar-refractivity contribution >= 4 is 28.9 Å². The first-order valence-electron chi connectivity index (χ1n) is 6.24. The molecule has 102 valence electrons. The van der Waals surface area contributed by atoms with Gasteiger partial charge >= 0.3 is 0 Å². The van der Waals surface area contributed by atoms with E-state index in [1.54, 1.807) is 6.07 Å². The number of halogens is 2. The van der Waals surface area contributed by atoms with Crippen LogP contribution in [0.5, 0.6) is 0 Å². The molecule has 0 aliphatic carbocycles. The number of amides is 1. The smallest absolute Gasteiger partial charge is 0.233 e. The largest absolute Gasteiger partial charge is 0.384 e. The highest BCUT2D eigenvalue weighted by molar-refractivity contribution is 6.33. The van der Waals surface area contributed by atoms with Crippen LogP contribution in [0, 0.1) is 5.82 Å². The molecule has 0 radical (unpaired) electrons. The number of fused-ring (bicyclic) bond motifs is 1. The van der Waals surface area contributed by atoms with Crippen molar-refractivity contribution in [3.63, 3.8) is 0 Å². The summed E-state index contributed by atoms with van der Waals surface area (Å²) >= 11 is 5.91. The van der Waals surface area contributed by atoms with Crippen LogP contribution < -0.4 is 10.6 Å². The fourth-order valence-corrected chi connectivity index (χ4v) is 2.56. The molecule has 5 heteroatoms. The van der Waals surface area contributed by atoms with E-state index in [1.165, 1.54) is 12.1 Å². The zero-order chi connectivity index (χ0) is 14.1. The lowest BCUT2D eigenvalue weighted by atomic mass is 10.0. The summed E-state index contributed by atoms with van der Waals surface area (Å²) in [4.78, 5) is 12.3. The predicted octanol–water partition coefficient (Wildman–Crippen LogP) is 3.63. The molecule has 1 amide bonds. The number of anilines is 2. The van der Waals surface area contributed by atoms with Crippen LogP contribution in [0.15, 0.2) is 42.5 Å². The molecule has 20 heavy (non-hydrogen) atoms. The van der Waals surface area contributed by atoms with Gasteiger partial charge in [0.25, 0.3) is 0 Å². The van der Waals surface area contributed by atoms with Crippen LogP contribution in [0.4, 0.5) is 15.8 Å². The van der Waals surface area contributed by atoms with Gasteiger partial charge in [-0.1, -0.05) is 35.9 Å². The summed E-state index contributed by atoms with van der Waals surface area (Å²) in [6.45, 7) is 0.497. The fourth-order valence-electron chi connectivity index (χ4n) is 2.35. The van der Waals surface area contributed by atoms with Crippen LogP contribution in [-0.2, 0) is 4.79 Å². The molecule has 2 N–H and O–H groups in total. The molecule has 2 aromatic rings. The molecule has 1 aliphatic rings. The van der Waals surface area contributed by atoms with Gasteiger partial charge in [-0.25, -0.2) is 4.39 Å². The zero-order valence-electron chi connectivity index (χ0n) is 10.5. The third kappa shape index (κ3) is 2.23. The lowest BCUT2D eigenvalue weighted by molar-refractivity contribution is -0.117. The summed E-state index contributed by atoms with van der Waals surface area (Å²) in [5.74, 6) is -1.15. The van der Waals surface area contributed by atoms with Gasteiger partial charge in [-0.2, -0.15) is 0 Å². The minimum Gasteiger partial charge on any atom is -0.384 e. The Morgan fingerprint density at radius 2 is 2.05 bits per heavy atom. The molecular formula is C15H12ClFN2O. The molecule has 0 spiro atoms. The summed E-state index contributed by atoms with van der Waals surface area (Å²) < 4.78 is 13.7. The number of hydrogen-bond acceptors (Lipinski definition) is 2. The third-order valence-corrected chi connectivity index (χ3v) is 3.68. The molecule has 0 saturated carbocycles. The van der Waals surface area contributed by atoms with E-state index in [4.69, 9.17) is 11.6 Å². The second-order valence-electron chi connectivity index (χ2n) is 4.61. The summed E-state index contributed by atoms with van der Waals surface area (Å²) in [7, 11) is 0. The quantitative estimate of drug-likeness (QED) is 0.887. The third-order valence-electron chi connectivity index (χ3n) is 3.36. The molecule has 1 aliphatic heterocycles. The Morgan fingerprint density at radius 3 is 2.85 bits per heavy atom. The Balaban J connectivity index is 1.85. The molecule has 1 unspecified atom stereocenters. The first-order chi connectivity index (χ1) is 9.66. The van der Waals surface area contributed by atoms with E-state index in [1.807, 2.05) is 24.3 Å². The van der Waals surface area contributed by atoms with Crippen molar-refractivity contribution in [1.82, 2.24) is 0 Å². The zero-order valence-corrected chi connectivity index (χ0v) is 11.2. The first kappa shape index (κ1) is 12.9. The van der Waals surface area contributed by atoms with Crippen LogP contribution >= 0.6 is 11.6 Å². The Kier molecular flexibility index (Phi) is 3.32. The number of carbonyl (C=O) groups is 1. The topological polar surface area (TPSA) is 41.1 Å². The van der Waals surface area contributed by atoms with E-state index in [0.717, 1.165) is 11.3 Å². The highest BCUT2D eigenvalue weighted by atomic mass is 35.5. The van der Waals surface area contributed by atoms with E-state index >= 15 is 0 Å². The molecule has 1 atom stereocenters. The summed E-state index contributed by atoms with van der Waals surface area (Å²) in [6.07, 6.45) is 0. The van der Waals surface area contributed by atoms with E-state index < -0.39 is 5.82 Å². The van der Waals surface area contributed by atoms with Gasteiger partial charge in [0, 0.05) is 12.2 Å². The monoisotopic (exact) mass is 290 g/mol. The van der Waals surface area contributed by atoms with Gasteiger partial charge in [-0.3, -0.25) is 4.79 Å². The number of nitrogens with one attached hydrogen (secondary N) is 2. The van der Waals surface area contributed by atoms with Gasteiger partial charge in [0.15, 0.2) is 0 Å². The van der Waals surface area contributed by atoms with Gasteiger partial charge in [0.1, 0.15) is 5.82 Å². The van der Waals surface area contributed by atoms with Crippen LogP contribution in [0.3, 0.4) is 0 Å². The number of rotatable bonds is 2. The highest BCUT2D eigenvalue weighted by Gasteiger charge is 2.28. The maximum absolute atomic E-state index is 13.7. The van der Waals surface area contributed by atoms with Gasteiger partial charge in [0.05, 0.1) is 16.6 Å². The lowest BCUT2D eigenvalue weighted by Crippen LogP contribution is -2.23. The Morgan fingerprint density at radius 1 is 1.25 bits per heavy atom. The molecule has 2 aromatic carbocycles. The summed E-state index contributed by atoms with van der Waals surface area (Å²) in [6, 6.07) is 11.9. The minimum absolute atomic E-state index is 0.0311. The summed E-state index contributed by atoms with van der Waals surface area (Å²) in [5.41, 5.74) is 1.88. The van der Waals surface area contributed by atoms with Crippen molar-refractivity contribution in [2.24, 2.45) is 0 Å². The first-order valence-corrected chi connectivity index (χ1v) is 6.62. The van der Waals surface area contributed by atoms with Crippen molar-refractivity contribution in [2.45, 2.75) is 5.92 Å². The van der Waals surface area contributed by atoms with Gasteiger partial charge < -0.3 is 10.6 Å². The van der Waals surface area contributed by atoms with E-state index in [2.05, 4.69) is 10.6 Å². The van der Waals surface area contributed by atoms with E-state index in [0.29, 0.717) is 6.54 Å². The van der Waals surface area contributed by atoms with E-state index in [-0.39, 0.29) is 22.5 Å². The fraction of sp³-hybridized carbons (Fsp3) is 0.133. The van der Waals surface area contributed by atoms with Crippen molar-refractivity contribution in [1.29, 1.82) is 0 Å². The molecule has 3 rings (SSSR count). The standard InChI is InChI=1S/C15H12ClFN2O/c16-11-5-3-6-12(17)14(11)19-15(20)10-8-18-13-7-2-1-4-9(10)13/h1-7,10,18H,8H2,(H,19,20). The average Bonchev–Trinajstić information content (AvgIpc) is 2.87. The Bertz CT molecular complexity index is 654. The van der Waals surface area contributed by atoms with Crippen LogP contribution in [-0.4, -0.2) is 12.5 Å². The van der Waals surface area contributed by atoms with Crippen molar-refractivity contribution in [3.05, 3.63) is 58.9 Å². The molecule has 0 fully saturated rings. The average molecular weight is 291 g/mol. The minimum atomic E-state index is -0.537. The van der Waals surface area contributed by atoms with Crippen molar-refractivity contribution in [2.75, 3.05) is 17.2 Å². The predicted molar refractivity (Wildman–Crippen MR) is 77.7 cm³/mol.